The molecule has 1 aromatic heterocycles. The second-order valence-corrected chi connectivity index (χ2v) is 5.72. The first-order valence-electron chi connectivity index (χ1n) is 7.23. The highest BCUT2D eigenvalue weighted by Gasteiger charge is 2.13. The van der Waals surface area contributed by atoms with Crippen LogP contribution in [0.15, 0.2) is 47.5 Å². The summed E-state index contributed by atoms with van der Waals surface area (Å²) in [4.78, 5) is 38.8. The maximum Gasteiger partial charge on any atom is 0.270 e. The number of carbonyl (C=O) groups excluding carboxylic acids is 1. The molecule has 2 aromatic carbocycles. The Balaban J connectivity index is 1.86. The Hall–Kier alpha value is -3.33. The topological polar surface area (TPSA) is 107 Å². The van der Waals surface area contributed by atoms with Gasteiger partial charge in [-0.15, -0.1) is 0 Å². The number of halogens is 2. The van der Waals surface area contributed by atoms with Gasteiger partial charge in [0.15, 0.2) is 0 Å². The maximum absolute atomic E-state index is 13.1. The van der Waals surface area contributed by atoms with Crippen LogP contribution >= 0.6 is 11.6 Å². The van der Waals surface area contributed by atoms with Gasteiger partial charge in [-0.05, 0) is 24.3 Å². The van der Waals surface area contributed by atoms with Crippen LogP contribution in [-0.2, 0) is 11.3 Å². The summed E-state index contributed by atoms with van der Waals surface area (Å²) in [6.07, 6.45) is 1.17. The van der Waals surface area contributed by atoms with Crippen LogP contribution in [0.25, 0.3) is 10.9 Å². The summed E-state index contributed by atoms with van der Waals surface area (Å²) in [6.45, 7) is -0.376. The Morgan fingerprint density at radius 2 is 2.08 bits per heavy atom. The van der Waals surface area contributed by atoms with Crippen molar-refractivity contribution < 1.29 is 14.1 Å². The molecule has 132 valence electrons. The zero-order chi connectivity index (χ0) is 18.8. The van der Waals surface area contributed by atoms with Crippen LogP contribution in [0.2, 0.25) is 5.02 Å². The van der Waals surface area contributed by atoms with Crippen LogP contribution in [0.5, 0.6) is 0 Å². The van der Waals surface area contributed by atoms with Gasteiger partial charge in [-0.3, -0.25) is 24.3 Å². The normalized spacial score (nSPS) is 10.7. The van der Waals surface area contributed by atoms with Crippen molar-refractivity contribution >= 4 is 39.8 Å². The third kappa shape index (κ3) is 3.52. The van der Waals surface area contributed by atoms with E-state index in [4.69, 9.17) is 11.6 Å². The molecule has 26 heavy (non-hydrogen) atoms. The summed E-state index contributed by atoms with van der Waals surface area (Å²) >= 11 is 5.64. The summed E-state index contributed by atoms with van der Waals surface area (Å²) < 4.78 is 14.1. The second-order valence-electron chi connectivity index (χ2n) is 5.31. The van der Waals surface area contributed by atoms with E-state index in [0.717, 1.165) is 16.7 Å². The van der Waals surface area contributed by atoms with Gasteiger partial charge in [0.2, 0.25) is 5.91 Å². The minimum Gasteiger partial charge on any atom is -0.324 e. The van der Waals surface area contributed by atoms with Gasteiger partial charge in [-0.2, -0.15) is 0 Å². The fraction of sp³-hybridized carbons (Fsp3) is 0.0625. The molecule has 1 amide bonds. The fourth-order valence-corrected chi connectivity index (χ4v) is 2.48. The summed E-state index contributed by atoms with van der Waals surface area (Å²) in [5.41, 5.74) is -0.299. The van der Waals surface area contributed by atoms with E-state index in [2.05, 4.69) is 10.3 Å². The summed E-state index contributed by atoms with van der Waals surface area (Å²) in [5.74, 6) is -1.19. The van der Waals surface area contributed by atoms with Crippen LogP contribution in [0.4, 0.5) is 15.8 Å². The highest BCUT2D eigenvalue weighted by atomic mass is 35.5. The Morgan fingerprint density at radius 3 is 2.77 bits per heavy atom. The number of fused-ring (bicyclic) bond motifs is 1. The second kappa shape index (κ2) is 6.89. The Labute approximate surface area is 150 Å². The molecule has 3 aromatic rings. The number of nitro groups is 1. The molecule has 0 saturated carbocycles. The quantitative estimate of drug-likeness (QED) is 0.556. The number of non-ortho nitro benzene ring substituents is 1. The molecular weight excluding hydrogens is 367 g/mol. The molecule has 10 heteroatoms. The minimum atomic E-state index is -0.624. The number of hydrogen-bond donors (Lipinski definition) is 1. The number of rotatable bonds is 4. The molecule has 0 aliphatic carbocycles. The molecule has 0 aliphatic rings. The molecule has 0 atom stereocenters. The fourth-order valence-electron chi connectivity index (χ4n) is 2.30. The molecule has 0 saturated heterocycles. The number of benzene rings is 2. The van der Waals surface area contributed by atoms with E-state index in [1.165, 1.54) is 30.6 Å². The summed E-state index contributed by atoms with van der Waals surface area (Å²) in [6, 6.07) is 7.37. The first-order valence-corrected chi connectivity index (χ1v) is 7.61. The van der Waals surface area contributed by atoms with Gasteiger partial charge < -0.3 is 5.32 Å². The van der Waals surface area contributed by atoms with Crippen LogP contribution in [-0.4, -0.2) is 20.4 Å². The lowest BCUT2D eigenvalue weighted by Crippen LogP contribution is -2.28. The summed E-state index contributed by atoms with van der Waals surface area (Å²) in [5, 5.41) is 13.2. The van der Waals surface area contributed by atoms with Crippen LogP contribution in [0.3, 0.4) is 0 Å². The molecular formula is C16H10ClFN4O4. The molecule has 0 bridgehead atoms. The van der Waals surface area contributed by atoms with Crippen molar-refractivity contribution in [3.05, 3.63) is 74.0 Å². The monoisotopic (exact) mass is 376 g/mol. The predicted molar refractivity (Wildman–Crippen MR) is 92.7 cm³/mol. The Morgan fingerprint density at radius 1 is 1.31 bits per heavy atom. The number of aromatic nitrogens is 2. The van der Waals surface area contributed by atoms with Crippen molar-refractivity contribution in [3.63, 3.8) is 0 Å². The van der Waals surface area contributed by atoms with Crippen molar-refractivity contribution in [1.29, 1.82) is 0 Å². The Bertz CT molecular complexity index is 1100. The van der Waals surface area contributed by atoms with Gasteiger partial charge in [0.05, 0.1) is 27.2 Å². The van der Waals surface area contributed by atoms with Crippen molar-refractivity contribution in [2.75, 3.05) is 5.32 Å². The predicted octanol–water partition coefficient (Wildman–Crippen LogP) is 2.74. The molecule has 0 aliphatic heterocycles. The highest BCUT2D eigenvalue weighted by Crippen LogP contribution is 2.19. The first-order chi connectivity index (χ1) is 12.3. The number of amides is 1. The average Bonchev–Trinajstić information content (AvgIpc) is 2.60. The largest absolute Gasteiger partial charge is 0.324 e. The van der Waals surface area contributed by atoms with Crippen LogP contribution in [0, 0.1) is 15.9 Å². The standard InChI is InChI=1S/C16H10ClFN4O4/c17-12-5-9(1-3-13(12)18)20-15(23)7-21-8-19-14-4-2-10(22(25)26)6-11(14)16(21)24/h1-6,8H,7H2,(H,20,23). The molecule has 0 unspecified atom stereocenters. The Kier molecular flexibility index (Phi) is 4.63. The van der Waals surface area contributed by atoms with E-state index in [0.29, 0.717) is 0 Å². The van der Waals surface area contributed by atoms with Crippen LogP contribution < -0.4 is 10.9 Å². The third-order valence-electron chi connectivity index (χ3n) is 3.54. The van der Waals surface area contributed by atoms with E-state index in [1.54, 1.807) is 0 Å². The smallest absolute Gasteiger partial charge is 0.270 e. The van der Waals surface area contributed by atoms with Crippen molar-refractivity contribution in [1.82, 2.24) is 9.55 Å². The van der Waals surface area contributed by atoms with E-state index in [1.807, 2.05) is 0 Å². The average molecular weight is 377 g/mol. The number of nitrogens with zero attached hydrogens (tertiary/aromatic N) is 3. The van der Waals surface area contributed by atoms with Gasteiger partial charge in [0, 0.05) is 17.8 Å². The van der Waals surface area contributed by atoms with Gasteiger partial charge in [-0.25, -0.2) is 9.37 Å². The number of anilines is 1. The van der Waals surface area contributed by atoms with E-state index >= 15 is 0 Å². The van der Waals surface area contributed by atoms with Crippen LogP contribution in [0.1, 0.15) is 0 Å². The van der Waals surface area contributed by atoms with Crippen molar-refractivity contribution in [2.45, 2.75) is 6.54 Å². The molecule has 8 nitrogen and oxygen atoms in total. The number of nitro benzene ring substituents is 1. The third-order valence-corrected chi connectivity index (χ3v) is 3.83. The zero-order valence-corrected chi connectivity index (χ0v) is 13.7. The lowest BCUT2D eigenvalue weighted by molar-refractivity contribution is -0.384. The number of carbonyl (C=O) groups is 1. The van der Waals surface area contributed by atoms with Gasteiger partial charge in [0.1, 0.15) is 12.4 Å². The van der Waals surface area contributed by atoms with Crippen molar-refractivity contribution in [3.8, 4) is 0 Å². The van der Waals surface area contributed by atoms with E-state index in [9.17, 15) is 24.1 Å². The van der Waals surface area contributed by atoms with E-state index in [-0.39, 0.29) is 33.8 Å². The minimum absolute atomic E-state index is 0.0272. The van der Waals surface area contributed by atoms with Gasteiger partial charge in [-0.1, -0.05) is 11.6 Å². The van der Waals surface area contributed by atoms with Gasteiger partial charge in [0.25, 0.3) is 11.2 Å². The SMILES string of the molecule is O=C(Cn1cnc2ccc([N+](=O)[O-])cc2c1=O)Nc1ccc(F)c(Cl)c1. The first kappa shape index (κ1) is 17.5. The highest BCUT2D eigenvalue weighted by molar-refractivity contribution is 6.31. The zero-order valence-electron chi connectivity index (χ0n) is 13.0. The molecule has 1 N–H and O–H groups in total. The lowest BCUT2D eigenvalue weighted by Gasteiger charge is -2.08. The number of hydrogen-bond acceptors (Lipinski definition) is 5. The molecule has 1 heterocycles. The van der Waals surface area contributed by atoms with E-state index < -0.39 is 22.2 Å². The molecule has 3 rings (SSSR count). The van der Waals surface area contributed by atoms with Gasteiger partial charge >= 0.3 is 0 Å². The summed E-state index contributed by atoms with van der Waals surface area (Å²) in [7, 11) is 0. The molecule has 0 fully saturated rings. The molecule has 0 radical (unpaired) electrons. The molecule has 0 spiro atoms. The number of nitrogens with one attached hydrogen (secondary N) is 1. The maximum atomic E-state index is 13.1. The van der Waals surface area contributed by atoms with Crippen molar-refractivity contribution in [2.24, 2.45) is 0 Å². The lowest BCUT2D eigenvalue weighted by atomic mass is 10.2.